The molecule has 17 heavy (non-hydrogen) atoms. The molecule has 0 N–H and O–H groups in total. The standard InChI is InChI=1S/C12H18BrN3O/c1-15-8-11(14-9-15)12(17)16-6-4-2-3-5-10(16)7-13/h8-10H,2-7H2,1H3. The molecule has 1 aromatic rings. The van der Waals surface area contributed by atoms with E-state index in [0.29, 0.717) is 11.7 Å². The van der Waals surface area contributed by atoms with Gasteiger partial charge in [0.1, 0.15) is 5.69 Å². The van der Waals surface area contributed by atoms with Crippen LogP contribution in [0.1, 0.15) is 36.2 Å². The SMILES string of the molecule is Cn1cnc(C(=O)N2CCCCCC2CBr)c1. The Morgan fingerprint density at radius 2 is 2.35 bits per heavy atom. The maximum atomic E-state index is 12.4. The van der Waals surface area contributed by atoms with Crippen LogP contribution in [0.25, 0.3) is 0 Å². The molecular formula is C12H18BrN3O. The number of rotatable bonds is 2. The highest BCUT2D eigenvalue weighted by atomic mass is 79.9. The second kappa shape index (κ2) is 5.67. The molecule has 1 saturated heterocycles. The lowest BCUT2D eigenvalue weighted by molar-refractivity contribution is 0.0696. The van der Waals surface area contributed by atoms with Crippen LogP contribution in [0.15, 0.2) is 12.5 Å². The minimum absolute atomic E-state index is 0.0666. The van der Waals surface area contributed by atoms with E-state index in [1.165, 1.54) is 12.8 Å². The Morgan fingerprint density at radius 3 is 3.00 bits per heavy atom. The van der Waals surface area contributed by atoms with E-state index in [9.17, 15) is 4.79 Å². The van der Waals surface area contributed by atoms with E-state index < -0.39 is 0 Å². The molecule has 2 heterocycles. The molecule has 0 saturated carbocycles. The van der Waals surface area contributed by atoms with E-state index in [1.807, 2.05) is 16.5 Å². The van der Waals surface area contributed by atoms with E-state index in [4.69, 9.17) is 0 Å². The minimum atomic E-state index is 0.0666. The van der Waals surface area contributed by atoms with Gasteiger partial charge < -0.3 is 9.47 Å². The van der Waals surface area contributed by atoms with Crippen LogP contribution in [-0.4, -0.2) is 38.3 Å². The maximum absolute atomic E-state index is 12.4. The number of hydrogen-bond donors (Lipinski definition) is 0. The number of aromatic nitrogens is 2. The average Bonchev–Trinajstić information content (AvgIpc) is 2.64. The first-order valence-electron chi connectivity index (χ1n) is 6.07. The first kappa shape index (κ1) is 12.6. The van der Waals surface area contributed by atoms with Crippen molar-refractivity contribution < 1.29 is 4.79 Å². The highest BCUT2D eigenvalue weighted by molar-refractivity contribution is 9.09. The number of alkyl halides is 1. The summed E-state index contributed by atoms with van der Waals surface area (Å²) in [5.41, 5.74) is 0.556. The Hall–Kier alpha value is -0.840. The molecule has 0 radical (unpaired) electrons. The summed E-state index contributed by atoms with van der Waals surface area (Å²) >= 11 is 3.51. The first-order valence-corrected chi connectivity index (χ1v) is 7.19. The number of carbonyl (C=O) groups is 1. The lowest BCUT2D eigenvalue weighted by Crippen LogP contribution is -2.41. The summed E-state index contributed by atoms with van der Waals surface area (Å²) in [6.45, 7) is 0.853. The Bertz CT molecular complexity index is 391. The molecule has 4 nitrogen and oxygen atoms in total. The Labute approximate surface area is 110 Å². The number of likely N-dealkylation sites (tertiary alicyclic amines) is 1. The summed E-state index contributed by atoms with van der Waals surface area (Å²) in [6.07, 6.45) is 8.08. The van der Waals surface area contributed by atoms with Gasteiger partial charge in [0.2, 0.25) is 0 Å². The number of carbonyl (C=O) groups excluding carboxylic acids is 1. The van der Waals surface area contributed by atoms with Gasteiger partial charge >= 0.3 is 0 Å². The topological polar surface area (TPSA) is 38.1 Å². The number of halogens is 1. The Kier molecular flexibility index (Phi) is 4.20. The van der Waals surface area contributed by atoms with Crippen molar-refractivity contribution in [3.05, 3.63) is 18.2 Å². The van der Waals surface area contributed by atoms with Crippen LogP contribution in [-0.2, 0) is 7.05 Å². The second-order valence-electron chi connectivity index (χ2n) is 4.58. The van der Waals surface area contributed by atoms with Crippen molar-refractivity contribution in [1.29, 1.82) is 0 Å². The molecule has 0 spiro atoms. The summed E-state index contributed by atoms with van der Waals surface area (Å²) in [5, 5.41) is 0.853. The van der Waals surface area contributed by atoms with E-state index in [2.05, 4.69) is 20.9 Å². The minimum Gasteiger partial charge on any atom is -0.340 e. The Balaban J connectivity index is 2.15. The van der Waals surface area contributed by atoms with Gasteiger partial charge in [-0.3, -0.25) is 4.79 Å². The van der Waals surface area contributed by atoms with E-state index in [1.54, 1.807) is 12.5 Å². The van der Waals surface area contributed by atoms with Crippen molar-refractivity contribution in [2.75, 3.05) is 11.9 Å². The van der Waals surface area contributed by atoms with Crippen LogP contribution in [0, 0.1) is 0 Å². The highest BCUT2D eigenvalue weighted by Gasteiger charge is 2.26. The molecule has 0 aliphatic carbocycles. The molecule has 2 rings (SSSR count). The van der Waals surface area contributed by atoms with Crippen molar-refractivity contribution in [1.82, 2.24) is 14.5 Å². The molecule has 94 valence electrons. The highest BCUT2D eigenvalue weighted by Crippen LogP contribution is 2.20. The summed E-state index contributed by atoms with van der Waals surface area (Å²) in [5.74, 6) is 0.0666. The third-order valence-corrected chi connectivity index (χ3v) is 3.99. The third kappa shape index (κ3) is 2.89. The zero-order valence-corrected chi connectivity index (χ0v) is 11.7. The van der Waals surface area contributed by atoms with Crippen molar-refractivity contribution in [3.8, 4) is 0 Å². The predicted molar refractivity (Wildman–Crippen MR) is 70.3 cm³/mol. The summed E-state index contributed by atoms with van der Waals surface area (Å²) in [4.78, 5) is 18.5. The largest absolute Gasteiger partial charge is 0.340 e. The molecule has 1 unspecified atom stereocenters. The van der Waals surface area contributed by atoms with Gasteiger partial charge in [-0.25, -0.2) is 4.98 Å². The molecule has 1 aromatic heterocycles. The van der Waals surface area contributed by atoms with Gasteiger partial charge in [-0.15, -0.1) is 0 Å². The molecule has 1 amide bonds. The number of nitrogens with zero attached hydrogens (tertiary/aromatic N) is 3. The lowest BCUT2D eigenvalue weighted by atomic mass is 10.1. The van der Waals surface area contributed by atoms with Gasteiger partial charge in [-0.05, 0) is 12.8 Å². The van der Waals surface area contributed by atoms with Crippen LogP contribution in [0.3, 0.4) is 0 Å². The molecule has 1 aliphatic heterocycles. The smallest absolute Gasteiger partial charge is 0.274 e. The molecule has 1 aliphatic rings. The number of imidazole rings is 1. The molecular weight excluding hydrogens is 282 g/mol. The molecule has 0 aromatic carbocycles. The van der Waals surface area contributed by atoms with Crippen molar-refractivity contribution in [2.24, 2.45) is 7.05 Å². The molecule has 1 fully saturated rings. The number of amides is 1. The first-order chi connectivity index (χ1) is 8.22. The van der Waals surface area contributed by atoms with Gasteiger partial charge in [0, 0.05) is 31.2 Å². The van der Waals surface area contributed by atoms with Gasteiger partial charge in [0.25, 0.3) is 5.91 Å². The van der Waals surface area contributed by atoms with Crippen molar-refractivity contribution in [3.63, 3.8) is 0 Å². The quantitative estimate of drug-likeness (QED) is 0.785. The molecule has 1 atom stereocenters. The van der Waals surface area contributed by atoms with Crippen LogP contribution < -0.4 is 0 Å². The molecule has 5 heteroatoms. The normalized spacial score (nSPS) is 21.3. The fourth-order valence-electron chi connectivity index (χ4n) is 2.28. The van der Waals surface area contributed by atoms with Crippen molar-refractivity contribution >= 4 is 21.8 Å². The van der Waals surface area contributed by atoms with Crippen molar-refractivity contribution in [2.45, 2.75) is 31.7 Å². The zero-order chi connectivity index (χ0) is 12.3. The second-order valence-corrected chi connectivity index (χ2v) is 5.23. The number of hydrogen-bond acceptors (Lipinski definition) is 2. The third-order valence-electron chi connectivity index (χ3n) is 3.24. The van der Waals surface area contributed by atoms with Crippen LogP contribution >= 0.6 is 15.9 Å². The van der Waals surface area contributed by atoms with Gasteiger partial charge in [0.05, 0.1) is 6.33 Å². The fourth-order valence-corrected chi connectivity index (χ4v) is 2.95. The fraction of sp³-hybridized carbons (Fsp3) is 0.667. The average molecular weight is 300 g/mol. The monoisotopic (exact) mass is 299 g/mol. The van der Waals surface area contributed by atoms with E-state index in [-0.39, 0.29) is 5.91 Å². The van der Waals surface area contributed by atoms with E-state index >= 15 is 0 Å². The molecule has 0 bridgehead atoms. The van der Waals surface area contributed by atoms with Gasteiger partial charge in [0.15, 0.2) is 0 Å². The van der Waals surface area contributed by atoms with Crippen LogP contribution in [0.2, 0.25) is 0 Å². The van der Waals surface area contributed by atoms with Crippen LogP contribution in [0.4, 0.5) is 0 Å². The lowest BCUT2D eigenvalue weighted by Gasteiger charge is -2.28. The maximum Gasteiger partial charge on any atom is 0.274 e. The summed E-state index contributed by atoms with van der Waals surface area (Å²) in [6, 6.07) is 0.312. The Morgan fingerprint density at radius 1 is 1.53 bits per heavy atom. The van der Waals surface area contributed by atoms with Gasteiger partial charge in [-0.1, -0.05) is 28.8 Å². The zero-order valence-electron chi connectivity index (χ0n) is 10.1. The summed E-state index contributed by atoms with van der Waals surface area (Å²) in [7, 11) is 1.88. The van der Waals surface area contributed by atoms with E-state index in [0.717, 1.165) is 24.7 Å². The predicted octanol–water partition coefficient (Wildman–Crippen LogP) is 2.20. The summed E-state index contributed by atoms with van der Waals surface area (Å²) < 4.78 is 1.81. The number of aryl methyl sites for hydroxylation is 1. The van der Waals surface area contributed by atoms with Crippen LogP contribution in [0.5, 0.6) is 0 Å². The van der Waals surface area contributed by atoms with Gasteiger partial charge in [-0.2, -0.15) is 0 Å².